The van der Waals surface area contributed by atoms with Crippen molar-refractivity contribution in [3.63, 3.8) is 0 Å². The second-order valence-corrected chi connectivity index (χ2v) is 5.72. The van der Waals surface area contributed by atoms with E-state index in [-0.39, 0.29) is 5.82 Å². The van der Waals surface area contributed by atoms with Gasteiger partial charge in [0.2, 0.25) is 0 Å². The minimum atomic E-state index is -0.289. The summed E-state index contributed by atoms with van der Waals surface area (Å²) in [6.07, 6.45) is 2.53. The quantitative estimate of drug-likeness (QED) is 0.735. The number of aromatic nitrogens is 1. The number of rotatable bonds is 4. The molecule has 106 valence electrons. The van der Waals surface area contributed by atoms with Crippen LogP contribution in [0.3, 0.4) is 0 Å². The van der Waals surface area contributed by atoms with Gasteiger partial charge < -0.3 is 5.32 Å². The molecule has 0 amide bonds. The second kappa shape index (κ2) is 6.22. The number of pyridine rings is 1. The van der Waals surface area contributed by atoms with Gasteiger partial charge in [-0.2, -0.15) is 0 Å². The van der Waals surface area contributed by atoms with E-state index in [1.165, 1.54) is 11.6 Å². The Hall–Kier alpha value is -1.94. The van der Waals surface area contributed by atoms with Gasteiger partial charge in [-0.1, -0.05) is 40.2 Å². The van der Waals surface area contributed by atoms with Crippen LogP contribution in [-0.2, 0) is 6.42 Å². The predicted octanol–water partition coefficient (Wildman–Crippen LogP) is 4.79. The first-order chi connectivity index (χ1) is 10.2. The third-order valence-electron chi connectivity index (χ3n) is 3.34. The number of hydrogen-bond donors (Lipinski definition) is 1. The molecule has 4 heteroatoms. The van der Waals surface area contributed by atoms with Crippen LogP contribution in [0.2, 0.25) is 0 Å². The maximum atomic E-state index is 13.7. The number of halogens is 2. The Morgan fingerprint density at radius 1 is 1.10 bits per heavy atom. The Bertz CT molecular complexity index is 774. The highest BCUT2D eigenvalue weighted by atomic mass is 79.9. The number of fused-ring (bicyclic) bond motifs is 1. The monoisotopic (exact) mass is 344 g/mol. The summed E-state index contributed by atoms with van der Waals surface area (Å²) in [5.74, 6) is -0.289. The molecule has 3 aromatic rings. The first-order valence-electron chi connectivity index (χ1n) is 6.75. The van der Waals surface area contributed by atoms with Gasteiger partial charge in [-0.15, -0.1) is 0 Å². The molecule has 0 bridgehead atoms. The van der Waals surface area contributed by atoms with Crippen LogP contribution in [0.5, 0.6) is 0 Å². The molecule has 3 rings (SSSR count). The van der Waals surface area contributed by atoms with Crippen LogP contribution in [0, 0.1) is 5.82 Å². The molecular formula is C17H14BrFN2. The highest BCUT2D eigenvalue weighted by Gasteiger charge is 2.05. The summed E-state index contributed by atoms with van der Waals surface area (Å²) in [6, 6.07) is 15.1. The summed E-state index contributed by atoms with van der Waals surface area (Å²) in [4.78, 5) is 4.10. The maximum Gasteiger partial charge on any atom is 0.149 e. The van der Waals surface area contributed by atoms with Crippen LogP contribution < -0.4 is 5.32 Å². The number of para-hydroxylation sites is 1. The van der Waals surface area contributed by atoms with E-state index in [9.17, 15) is 4.39 Å². The van der Waals surface area contributed by atoms with Gasteiger partial charge in [0, 0.05) is 28.3 Å². The lowest BCUT2D eigenvalue weighted by molar-refractivity contribution is 0.637. The maximum absolute atomic E-state index is 13.7. The van der Waals surface area contributed by atoms with Crippen LogP contribution >= 0.6 is 15.9 Å². The number of benzene rings is 2. The Balaban J connectivity index is 1.75. The molecule has 0 saturated carbocycles. The van der Waals surface area contributed by atoms with Gasteiger partial charge in [-0.3, -0.25) is 4.98 Å². The van der Waals surface area contributed by atoms with Gasteiger partial charge in [-0.05, 0) is 36.2 Å². The third kappa shape index (κ3) is 3.22. The first-order valence-corrected chi connectivity index (χ1v) is 7.55. The lowest BCUT2D eigenvalue weighted by atomic mass is 10.1. The standard InChI is InChI=1S/C17H14BrFN2/c18-13-4-1-3-12(11-13)7-9-20-16-8-10-21-17-14(16)5-2-6-15(17)19/h1-6,8,10-11H,7,9H2,(H,20,21). The Kier molecular flexibility index (Phi) is 4.15. The summed E-state index contributed by atoms with van der Waals surface area (Å²) in [5.41, 5.74) is 2.57. The molecule has 0 atom stereocenters. The molecule has 1 heterocycles. The normalized spacial score (nSPS) is 10.8. The van der Waals surface area contributed by atoms with Crippen LogP contribution in [0.25, 0.3) is 10.9 Å². The Morgan fingerprint density at radius 2 is 1.95 bits per heavy atom. The summed E-state index contributed by atoms with van der Waals surface area (Å²) in [5, 5.41) is 4.17. The van der Waals surface area contributed by atoms with Crippen LogP contribution in [0.15, 0.2) is 59.2 Å². The summed E-state index contributed by atoms with van der Waals surface area (Å²) in [6.45, 7) is 0.784. The van der Waals surface area contributed by atoms with Crippen LogP contribution in [0.1, 0.15) is 5.56 Å². The van der Waals surface area contributed by atoms with Gasteiger partial charge in [0.25, 0.3) is 0 Å². The molecule has 21 heavy (non-hydrogen) atoms. The fourth-order valence-corrected chi connectivity index (χ4v) is 2.77. The molecule has 0 fully saturated rings. The van der Waals surface area contributed by atoms with Gasteiger partial charge in [0.05, 0.1) is 0 Å². The van der Waals surface area contributed by atoms with Crippen LogP contribution in [-0.4, -0.2) is 11.5 Å². The zero-order valence-electron chi connectivity index (χ0n) is 11.3. The first kappa shape index (κ1) is 14.0. The molecule has 2 aromatic carbocycles. The summed E-state index contributed by atoms with van der Waals surface area (Å²) in [7, 11) is 0. The van der Waals surface area contributed by atoms with Crippen molar-refractivity contribution in [1.29, 1.82) is 0 Å². The Labute approximate surface area is 131 Å². The van der Waals surface area contributed by atoms with E-state index in [1.807, 2.05) is 24.3 Å². The highest BCUT2D eigenvalue weighted by Crippen LogP contribution is 2.23. The van der Waals surface area contributed by atoms with E-state index in [2.05, 4.69) is 38.4 Å². The highest BCUT2D eigenvalue weighted by molar-refractivity contribution is 9.10. The van der Waals surface area contributed by atoms with E-state index < -0.39 is 0 Å². The minimum Gasteiger partial charge on any atom is -0.384 e. The van der Waals surface area contributed by atoms with Gasteiger partial charge >= 0.3 is 0 Å². The zero-order chi connectivity index (χ0) is 14.7. The molecule has 0 aliphatic rings. The van der Waals surface area contributed by atoms with E-state index in [4.69, 9.17) is 0 Å². The lowest BCUT2D eigenvalue weighted by Gasteiger charge is -2.10. The predicted molar refractivity (Wildman–Crippen MR) is 88.0 cm³/mol. The molecule has 1 N–H and O–H groups in total. The van der Waals surface area contributed by atoms with E-state index in [0.717, 1.165) is 28.5 Å². The summed E-state index contributed by atoms with van der Waals surface area (Å²) < 4.78 is 14.8. The molecule has 0 radical (unpaired) electrons. The summed E-state index contributed by atoms with van der Waals surface area (Å²) >= 11 is 3.47. The van der Waals surface area contributed by atoms with Crippen molar-refractivity contribution >= 4 is 32.5 Å². The van der Waals surface area contributed by atoms with Crippen molar-refractivity contribution in [2.75, 3.05) is 11.9 Å². The molecule has 0 unspecified atom stereocenters. The Morgan fingerprint density at radius 3 is 2.81 bits per heavy atom. The average molecular weight is 345 g/mol. The molecule has 1 aromatic heterocycles. The number of anilines is 1. The van der Waals surface area contributed by atoms with Gasteiger partial charge in [-0.25, -0.2) is 4.39 Å². The fourth-order valence-electron chi connectivity index (χ4n) is 2.33. The van der Waals surface area contributed by atoms with Crippen molar-refractivity contribution in [1.82, 2.24) is 4.98 Å². The van der Waals surface area contributed by atoms with Crippen molar-refractivity contribution in [2.45, 2.75) is 6.42 Å². The molecular weight excluding hydrogens is 331 g/mol. The molecule has 0 spiro atoms. The van der Waals surface area contributed by atoms with E-state index in [1.54, 1.807) is 12.3 Å². The average Bonchev–Trinajstić information content (AvgIpc) is 2.48. The van der Waals surface area contributed by atoms with Crippen molar-refractivity contribution in [3.8, 4) is 0 Å². The fraction of sp³-hybridized carbons (Fsp3) is 0.118. The van der Waals surface area contributed by atoms with E-state index >= 15 is 0 Å². The largest absolute Gasteiger partial charge is 0.384 e. The molecule has 0 saturated heterocycles. The number of hydrogen-bond acceptors (Lipinski definition) is 2. The number of nitrogens with one attached hydrogen (secondary N) is 1. The molecule has 2 nitrogen and oxygen atoms in total. The minimum absolute atomic E-state index is 0.289. The number of nitrogens with zero attached hydrogens (tertiary/aromatic N) is 1. The lowest BCUT2D eigenvalue weighted by Crippen LogP contribution is -2.05. The third-order valence-corrected chi connectivity index (χ3v) is 3.83. The molecule has 0 aliphatic heterocycles. The second-order valence-electron chi connectivity index (χ2n) is 4.80. The van der Waals surface area contributed by atoms with E-state index in [0.29, 0.717) is 5.52 Å². The van der Waals surface area contributed by atoms with Crippen LogP contribution in [0.4, 0.5) is 10.1 Å². The van der Waals surface area contributed by atoms with Gasteiger partial charge in [0.1, 0.15) is 11.3 Å². The van der Waals surface area contributed by atoms with Crippen molar-refractivity contribution < 1.29 is 4.39 Å². The zero-order valence-corrected chi connectivity index (χ0v) is 12.9. The van der Waals surface area contributed by atoms with Gasteiger partial charge in [0.15, 0.2) is 0 Å². The molecule has 0 aliphatic carbocycles. The van der Waals surface area contributed by atoms with Crippen molar-refractivity contribution in [2.24, 2.45) is 0 Å². The topological polar surface area (TPSA) is 24.9 Å². The SMILES string of the molecule is Fc1cccc2c(NCCc3cccc(Br)c3)ccnc12. The van der Waals surface area contributed by atoms with Crippen molar-refractivity contribution in [3.05, 3.63) is 70.6 Å². The smallest absolute Gasteiger partial charge is 0.149 e.